The van der Waals surface area contributed by atoms with Gasteiger partial charge in [-0.2, -0.15) is 13.2 Å². The van der Waals surface area contributed by atoms with Gasteiger partial charge in [0.1, 0.15) is 11.7 Å². The van der Waals surface area contributed by atoms with Gasteiger partial charge in [0, 0.05) is 48.8 Å². The van der Waals surface area contributed by atoms with Crippen LogP contribution in [0.25, 0.3) is 11.3 Å². The molecule has 3 aromatic rings. The molecular formula is C26H28F6N4O5S. The number of rotatable bonds is 6. The predicted octanol–water partition coefficient (Wildman–Crippen LogP) is 2.70. The van der Waals surface area contributed by atoms with Crippen LogP contribution in [0.2, 0.25) is 0 Å². The summed E-state index contributed by atoms with van der Waals surface area (Å²) in [6.45, 7) is -0.578. The maximum Gasteiger partial charge on any atom is 0.418 e. The molecule has 230 valence electrons. The van der Waals surface area contributed by atoms with Crippen LogP contribution in [0.5, 0.6) is 0 Å². The molecule has 5 rings (SSSR count). The third-order valence-electron chi connectivity index (χ3n) is 7.85. The lowest BCUT2D eigenvalue weighted by molar-refractivity contribution is -0.139. The minimum absolute atomic E-state index is 0.0324. The monoisotopic (exact) mass is 622 g/mol. The number of thiol groups is 1. The van der Waals surface area contributed by atoms with E-state index in [1.165, 1.54) is 6.20 Å². The first-order valence-corrected chi connectivity index (χ1v) is 14.6. The summed E-state index contributed by atoms with van der Waals surface area (Å²) in [6, 6.07) is 2.09. The summed E-state index contributed by atoms with van der Waals surface area (Å²) >= 11 is 0. The number of hydrogen-bond donors (Lipinski definition) is 5. The van der Waals surface area contributed by atoms with Gasteiger partial charge in [0.2, 0.25) is 0 Å². The molecule has 0 bridgehead atoms. The molecule has 16 heteroatoms. The van der Waals surface area contributed by atoms with Crippen molar-refractivity contribution in [3.05, 3.63) is 65.4 Å². The van der Waals surface area contributed by atoms with Gasteiger partial charge in [-0.1, -0.05) is 5.21 Å². The second-order valence-electron chi connectivity index (χ2n) is 10.4. The van der Waals surface area contributed by atoms with E-state index in [1.54, 1.807) is 0 Å². The van der Waals surface area contributed by atoms with Gasteiger partial charge in [0.25, 0.3) is 0 Å². The Hall–Kier alpha value is -2.76. The highest BCUT2D eigenvalue weighted by molar-refractivity contribution is 8.18. The zero-order valence-electron chi connectivity index (χ0n) is 21.8. The summed E-state index contributed by atoms with van der Waals surface area (Å²) in [5, 5.41) is 50.1. The maximum absolute atomic E-state index is 14.1. The van der Waals surface area contributed by atoms with Crippen LogP contribution >= 0.6 is 10.9 Å². The number of aliphatic hydroxyl groups is 4. The molecule has 2 unspecified atom stereocenters. The van der Waals surface area contributed by atoms with E-state index in [9.17, 15) is 46.8 Å². The molecule has 42 heavy (non-hydrogen) atoms. The molecule has 0 radical (unpaired) electrons. The summed E-state index contributed by atoms with van der Waals surface area (Å²) in [7, 11) is -1.98. The third-order valence-corrected chi connectivity index (χ3v) is 11.4. The molecule has 0 spiro atoms. The molecule has 2 saturated heterocycles. The standard InChI is InChI=1S/C26H28F6N4O5S/c27-15-8-13(9-16(28)20(15)29)17-10-36(35-34-17)22-18(38)12-42(19(11-37)23(22)39)24(25(40)3-6-41-7-4-25)21-14(26(30,31)32)2-1-5-33-21/h1-2,5,8-10,18-19,22-24,37-40,42H,3-4,6-7,11-12H2/t18-,19+,22-,23-,24?/m0/s1. The fourth-order valence-corrected chi connectivity index (χ4v) is 9.49. The van der Waals surface area contributed by atoms with E-state index < -0.39 is 86.7 Å². The van der Waals surface area contributed by atoms with Crippen LogP contribution < -0.4 is 0 Å². The maximum atomic E-state index is 14.1. The van der Waals surface area contributed by atoms with Crippen molar-refractivity contribution in [2.24, 2.45) is 0 Å². The van der Waals surface area contributed by atoms with E-state index in [0.717, 1.165) is 23.0 Å². The topological polar surface area (TPSA) is 134 Å². The number of ether oxygens (including phenoxy) is 1. The zero-order chi connectivity index (χ0) is 30.4. The lowest BCUT2D eigenvalue weighted by atomic mass is 9.87. The van der Waals surface area contributed by atoms with E-state index >= 15 is 0 Å². The molecule has 4 heterocycles. The SMILES string of the molecule is OC[C@@H]1[C@H](O)[C@@H](n2cc(-c3cc(F)c(F)c(F)c3)nn2)[C@@H](O)C[SH]1C(c1ncccc1C(F)(F)F)C1(O)CCOCC1. The summed E-state index contributed by atoms with van der Waals surface area (Å²) < 4.78 is 89.7. The summed E-state index contributed by atoms with van der Waals surface area (Å²) in [5.41, 5.74) is -3.54. The van der Waals surface area contributed by atoms with Gasteiger partial charge in [-0.15, -0.1) is 5.10 Å². The first-order valence-electron chi connectivity index (χ1n) is 13.0. The van der Waals surface area contributed by atoms with Crippen molar-refractivity contribution < 1.29 is 51.5 Å². The van der Waals surface area contributed by atoms with Crippen molar-refractivity contribution in [1.29, 1.82) is 0 Å². The third kappa shape index (κ3) is 5.63. The molecule has 2 fully saturated rings. The van der Waals surface area contributed by atoms with Crippen molar-refractivity contribution >= 4 is 10.9 Å². The lowest BCUT2D eigenvalue weighted by Gasteiger charge is -2.52. The molecule has 1 aromatic carbocycles. The molecule has 0 saturated carbocycles. The van der Waals surface area contributed by atoms with E-state index in [-0.39, 0.29) is 43.1 Å². The number of halogens is 6. The first-order chi connectivity index (χ1) is 19.9. The highest BCUT2D eigenvalue weighted by Crippen LogP contribution is 2.60. The summed E-state index contributed by atoms with van der Waals surface area (Å²) in [6.07, 6.45) is -5.60. The molecule has 0 amide bonds. The zero-order valence-corrected chi connectivity index (χ0v) is 22.7. The second kappa shape index (κ2) is 11.7. The number of alkyl halides is 3. The first kappa shape index (κ1) is 30.7. The normalized spacial score (nSPS) is 28.0. The Labute approximate surface area is 238 Å². The van der Waals surface area contributed by atoms with Crippen LogP contribution in [0, 0.1) is 17.5 Å². The van der Waals surface area contributed by atoms with Gasteiger partial charge in [-0.3, -0.25) is 4.98 Å². The molecule has 2 aromatic heterocycles. The molecule has 4 N–H and O–H groups in total. The fourth-order valence-electron chi connectivity index (χ4n) is 5.81. The van der Waals surface area contributed by atoms with Crippen LogP contribution in [0.3, 0.4) is 0 Å². The highest BCUT2D eigenvalue weighted by Gasteiger charge is 2.53. The lowest BCUT2D eigenvalue weighted by Crippen LogP contribution is -2.53. The second-order valence-corrected chi connectivity index (χ2v) is 13.0. The fraction of sp³-hybridized carbons (Fsp3) is 0.500. The minimum atomic E-state index is -4.82. The van der Waals surface area contributed by atoms with E-state index in [4.69, 9.17) is 4.74 Å². The molecule has 2 aliphatic rings. The average molecular weight is 623 g/mol. The van der Waals surface area contributed by atoms with Gasteiger partial charge >= 0.3 is 6.18 Å². The van der Waals surface area contributed by atoms with Gasteiger partial charge in [0.05, 0.1) is 47.1 Å². The number of nitrogens with zero attached hydrogens (tertiary/aromatic N) is 4. The van der Waals surface area contributed by atoms with Gasteiger partial charge < -0.3 is 25.2 Å². The quantitative estimate of drug-likeness (QED) is 0.161. The van der Waals surface area contributed by atoms with E-state index in [1.807, 2.05) is 0 Å². The Bertz CT molecular complexity index is 1400. The Morgan fingerprint density at radius 2 is 1.79 bits per heavy atom. The van der Waals surface area contributed by atoms with Crippen molar-refractivity contribution in [3.63, 3.8) is 0 Å². The number of aliphatic hydroxyl groups excluding tert-OH is 3. The summed E-state index contributed by atoms with van der Waals surface area (Å²) in [4.78, 5) is 4.03. The summed E-state index contributed by atoms with van der Waals surface area (Å²) in [5.74, 6) is -4.83. The van der Waals surface area contributed by atoms with Gasteiger partial charge in [-0.05, 0) is 24.3 Å². The Morgan fingerprint density at radius 3 is 2.40 bits per heavy atom. The van der Waals surface area contributed by atoms with Crippen LogP contribution in [0.15, 0.2) is 36.7 Å². The number of benzene rings is 1. The van der Waals surface area contributed by atoms with Crippen molar-refractivity contribution in [2.75, 3.05) is 25.6 Å². The number of pyridine rings is 1. The number of hydrogen-bond acceptors (Lipinski definition) is 8. The Balaban J connectivity index is 1.53. The molecule has 6 atom stereocenters. The van der Waals surface area contributed by atoms with Crippen LogP contribution in [0.4, 0.5) is 26.3 Å². The number of aromatic nitrogens is 4. The largest absolute Gasteiger partial charge is 0.418 e. The Kier molecular flexibility index (Phi) is 8.57. The average Bonchev–Trinajstić information content (AvgIpc) is 3.41. The minimum Gasteiger partial charge on any atom is -0.395 e. The predicted molar refractivity (Wildman–Crippen MR) is 138 cm³/mol. The van der Waals surface area contributed by atoms with Crippen LogP contribution in [0.1, 0.15) is 35.4 Å². The van der Waals surface area contributed by atoms with Crippen molar-refractivity contribution in [1.82, 2.24) is 20.0 Å². The smallest absolute Gasteiger partial charge is 0.395 e. The molecule has 9 nitrogen and oxygen atoms in total. The molecule has 0 aliphatic carbocycles. The highest BCUT2D eigenvalue weighted by atomic mass is 32.2. The van der Waals surface area contributed by atoms with E-state index in [0.29, 0.717) is 12.1 Å². The molecular weight excluding hydrogens is 594 g/mol. The van der Waals surface area contributed by atoms with Gasteiger partial charge in [0.15, 0.2) is 17.5 Å². The van der Waals surface area contributed by atoms with Crippen molar-refractivity contribution in [3.8, 4) is 11.3 Å². The molecule has 2 aliphatic heterocycles. The Morgan fingerprint density at radius 1 is 1.12 bits per heavy atom. The van der Waals surface area contributed by atoms with Gasteiger partial charge in [-0.25, -0.2) is 28.7 Å². The van der Waals surface area contributed by atoms with Crippen molar-refractivity contribution in [2.45, 2.75) is 53.4 Å². The van der Waals surface area contributed by atoms with E-state index in [2.05, 4.69) is 15.3 Å². The van der Waals surface area contributed by atoms with Crippen LogP contribution in [-0.2, 0) is 10.9 Å². The van der Waals surface area contributed by atoms with Crippen LogP contribution in [-0.4, -0.2) is 89.0 Å².